The van der Waals surface area contributed by atoms with Crippen molar-refractivity contribution in [2.24, 2.45) is 0 Å². The Morgan fingerprint density at radius 3 is 2.10 bits per heavy atom. The Balaban J connectivity index is 4.28. The van der Waals surface area contributed by atoms with Gasteiger partial charge in [0.2, 0.25) is 0 Å². The van der Waals surface area contributed by atoms with Gasteiger partial charge in [-0.25, -0.2) is 4.79 Å². The van der Waals surface area contributed by atoms with E-state index in [4.69, 9.17) is 0 Å². The average molecular weight is 308 g/mol. The number of hydroxylamine groups is 1. The van der Waals surface area contributed by atoms with Crippen LogP contribution < -0.4 is 5.48 Å². The zero-order valence-electron chi connectivity index (χ0n) is 9.85. The summed E-state index contributed by atoms with van der Waals surface area (Å²) in [6.07, 6.45) is -9.34. The summed E-state index contributed by atoms with van der Waals surface area (Å²) in [6.45, 7) is 1.43. The molecule has 116 valence electrons. The first-order valence-corrected chi connectivity index (χ1v) is 4.98. The molecule has 0 heterocycles. The standard InChI is InChI=1S/C9H10F6N2O3/c1-2-4-17(6(18)8(10,11)12)5-3-16-20-7(19)9(13,14)15/h2,16H,1,3-5H2. The van der Waals surface area contributed by atoms with E-state index in [9.17, 15) is 35.9 Å². The highest BCUT2D eigenvalue weighted by atomic mass is 19.4. The van der Waals surface area contributed by atoms with Crippen LogP contribution in [-0.4, -0.2) is 48.8 Å². The second kappa shape index (κ2) is 7.12. The number of nitrogens with one attached hydrogen (secondary N) is 1. The van der Waals surface area contributed by atoms with Gasteiger partial charge >= 0.3 is 24.2 Å². The van der Waals surface area contributed by atoms with Gasteiger partial charge in [-0.15, -0.1) is 6.58 Å². The summed E-state index contributed by atoms with van der Waals surface area (Å²) in [4.78, 5) is 24.9. The fourth-order valence-electron chi connectivity index (χ4n) is 0.966. The molecule has 0 saturated heterocycles. The number of rotatable bonds is 6. The summed E-state index contributed by atoms with van der Waals surface area (Å²) in [7, 11) is 0. The van der Waals surface area contributed by atoms with E-state index < -0.39 is 43.9 Å². The fraction of sp³-hybridized carbons (Fsp3) is 0.556. The Hall–Kier alpha value is -1.78. The largest absolute Gasteiger partial charge is 0.492 e. The lowest BCUT2D eigenvalue weighted by atomic mass is 10.4. The predicted octanol–water partition coefficient (Wildman–Crippen LogP) is 1.17. The minimum absolute atomic E-state index is 0.279. The first kappa shape index (κ1) is 18.2. The van der Waals surface area contributed by atoms with Crippen LogP contribution in [0.25, 0.3) is 0 Å². The van der Waals surface area contributed by atoms with Crippen LogP contribution in [0.5, 0.6) is 0 Å². The van der Waals surface area contributed by atoms with Crippen molar-refractivity contribution in [1.82, 2.24) is 10.4 Å². The lowest BCUT2D eigenvalue weighted by molar-refractivity contribution is -0.207. The van der Waals surface area contributed by atoms with Crippen LogP contribution in [0, 0.1) is 0 Å². The monoisotopic (exact) mass is 308 g/mol. The van der Waals surface area contributed by atoms with Gasteiger partial charge in [0.05, 0.1) is 0 Å². The number of hydrogen-bond acceptors (Lipinski definition) is 4. The molecule has 0 aromatic heterocycles. The maximum Gasteiger partial charge on any atom is 0.492 e. The molecule has 20 heavy (non-hydrogen) atoms. The molecular formula is C9H10F6N2O3. The Labute approximate surface area is 109 Å². The van der Waals surface area contributed by atoms with E-state index in [1.165, 1.54) is 5.48 Å². The third-order valence-corrected chi connectivity index (χ3v) is 1.76. The van der Waals surface area contributed by atoms with Crippen LogP contribution in [0.15, 0.2) is 12.7 Å². The molecular weight excluding hydrogens is 298 g/mol. The summed E-state index contributed by atoms with van der Waals surface area (Å²) < 4.78 is 71.5. The second-order valence-electron chi connectivity index (χ2n) is 3.32. The number of amides is 1. The zero-order chi connectivity index (χ0) is 16.0. The number of hydrogen-bond donors (Lipinski definition) is 1. The van der Waals surface area contributed by atoms with Gasteiger partial charge in [-0.05, 0) is 0 Å². The van der Waals surface area contributed by atoms with Gasteiger partial charge in [-0.2, -0.15) is 31.8 Å². The topological polar surface area (TPSA) is 58.6 Å². The van der Waals surface area contributed by atoms with Crippen molar-refractivity contribution in [1.29, 1.82) is 0 Å². The lowest BCUT2D eigenvalue weighted by Crippen LogP contribution is -2.44. The summed E-state index contributed by atoms with van der Waals surface area (Å²) >= 11 is 0. The molecule has 0 saturated carbocycles. The molecule has 0 aromatic rings. The molecule has 0 radical (unpaired) electrons. The fourth-order valence-corrected chi connectivity index (χ4v) is 0.966. The molecule has 0 fully saturated rings. The van der Waals surface area contributed by atoms with Crippen molar-refractivity contribution in [3.63, 3.8) is 0 Å². The van der Waals surface area contributed by atoms with Gasteiger partial charge < -0.3 is 9.74 Å². The molecule has 0 aromatic carbocycles. The third kappa shape index (κ3) is 6.41. The van der Waals surface area contributed by atoms with Crippen LogP contribution >= 0.6 is 0 Å². The summed E-state index contributed by atoms with van der Waals surface area (Å²) in [5, 5.41) is 0. The molecule has 0 rings (SSSR count). The SMILES string of the molecule is C=CCN(CCNOC(=O)C(F)(F)F)C(=O)C(F)(F)F. The molecule has 0 aliphatic rings. The van der Waals surface area contributed by atoms with Gasteiger partial charge in [0.1, 0.15) is 0 Å². The molecule has 0 bridgehead atoms. The van der Waals surface area contributed by atoms with Crippen LogP contribution in [0.1, 0.15) is 0 Å². The number of halogens is 6. The van der Waals surface area contributed by atoms with Crippen molar-refractivity contribution >= 4 is 11.9 Å². The van der Waals surface area contributed by atoms with E-state index in [0.717, 1.165) is 6.08 Å². The summed E-state index contributed by atoms with van der Waals surface area (Å²) in [6, 6.07) is 0. The van der Waals surface area contributed by atoms with Crippen molar-refractivity contribution in [2.45, 2.75) is 12.4 Å². The maximum atomic E-state index is 12.1. The van der Waals surface area contributed by atoms with Gasteiger partial charge in [-0.1, -0.05) is 6.08 Å². The van der Waals surface area contributed by atoms with E-state index in [2.05, 4.69) is 11.4 Å². The quantitative estimate of drug-likeness (QED) is 0.346. The second-order valence-corrected chi connectivity index (χ2v) is 3.32. The van der Waals surface area contributed by atoms with E-state index in [0.29, 0.717) is 0 Å². The Morgan fingerprint density at radius 1 is 1.15 bits per heavy atom. The number of carbonyl (C=O) groups excluding carboxylic acids is 2. The molecule has 0 unspecified atom stereocenters. The Morgan fingerprint density at radius 2 is 1.70 bits per heavy atom. The minimum Gasteiger partial charge on any atom is -0.364 e. The first-order chi connectivity index (χ1) is 9.00. The van der Waals surface area contributed by atoms with Gasteiger partial charge in [-0.3, -0.25) is 4.79 Å². The molecule has 1 N–H and O–H groups in total. The van der Waals surface area contributed by atoms with Crippen molar-refractivity contribution in [2.75, 3.05) is 19.6 Å². The highest BCUT2D eigenvalue weighted by Crippen LogP contribution is 2.18. The summed E-state index contributed by atoms with van der Waals surface area (Å²) in [5.41, 5.74) is 1.52. The Bertz CT molecular complexity index is 366. The minimum atomic E-state index is -5.23. The maximum absolute atomic E-state index is 12.1. The normalized spacial score (nSPS) is 11.9. The van der Waals surface area contributed by atoms with E-state index >= 15 is 0 Å². The Kier molecular flexibility index (Phi) is 6.49. The number of nitrogens with zero attached hydrogens (tertiary/aromatic N) is 1. The number of carbonyl (C=O) groups is 2. The predicted molar refractivity (Wildman–Crippen MR) is 53.0 cm³/mol. The molecule has 0 aliphatic heterocycles. The third-order valence-electron chi connectivity index (χ3n) is 1.76. The van der Waals surface area contributed by atoms with Crippen molar-refractivity contribution in [3.8, 4) is 0 Å². The van der Waals surface area contributed by atoms with Crippen LogP contribution in [0.4, 0.5) is 26.3 Å². The highest BCUT2D eigenvalue weighted by molar-refractivity contribution is 5.82. The van der Waals surface area contributed by atoms with Crippen LogP contribution in [0.3, 0.4) is 0 Å². The van der Waals surface area contributed by atoms with Crippen LogP contribution in [-0.2, 0) is 14.4 Å². The van der Waals surface area contributed by atoms with Crippen LogP contribution in [0.2, 0.25) is 0 Å². The van der Waals surface area contributed by atoms with E-state index in [-0.39, 0.29) is 4.90 Å². The van der Waals surface area contributed by atoms with E-state index in [1.54, 1.807) is 0 Å². The molecule has 5 nitrogen and oxygen atoms in total. The van der Waals surface area contributed by atoms with Crippen molar-refractivity contribution < 1.29 is 40.8 Å². The average Bonchev–Trinajstić information content (AvgIpc) is 2.29. The first-order valence-electron chi connectivity index (χ1n) is 4.98. The smallest absolute Gasteiger partial charge is 0.364 e. The molecule has 0 spiro atoms. The highest BCUT2D eigenvalue weighted by Gasteiger charge is 2.42. The van der Waals surface area contributed by atoms with Gasteiger partial charge in [0.25, 0.3) is 0 Å². The molecule has 0 atom stereocenters. The molecule has 0 aliphatic carbocycles. The van der Waals surface area contributed by atoms with Gasteiger partial charge in [0, 0.05) is 19.6 Å². The van der Waals surface area contributed by atoms with Gasteiger partial charge in [0.15, 0.2) is 0 Å². The summed E-state index contributed by atoms with van der Waals surface area (Å²) in [5.74, 6) is -4.73. The molecule has 11 heteroatoms. The molecule has 1 amide bonds. The lowest BCUT2D eigenvalue weighted by Gasteiger charge is -2.22. The zero-order valence-corrected chi connectivity index (χ0v) is 9.85. The number of alkyl halides is 6. The van der Waals surface area contributed by atoms with E-state index in [1.807, 2.05) is 0 Å². The van der Waals surface area contributed by atoms with Crippen molar-refractivity contribution in [3.05, 3.63) is 12.7 Å².